The Morgan fingerprint density at radius 3 is 2.43 bits per heavy atom. The molecule has 3 N–H and O–H groups in total. The normalized spacial score (nSPS) is 10.7. The van der Waals surface area contributed by atoms with E-state index in [1.165, 1.54) is 12.1 Å². The summed E-state index contributed by atoms with van der Waals surface area (Å²) in [6, 6.07) is 5.80. The van der Waals surface area contributed by atoms with Gasteiger partial charge in [-0.3, -0.25) is 0 Å². The lowest BCUT2D eigenvalue weighted by atomic mass is 10.0. The van der Waals surface area contributed by atoms with Gasteiger partial charge in [0.15, 0.2) is 11.4 Å². The number of carboxylic acids is 1. The molecule has 0 radical (unpaired) electrons. The zero-order valence-corrected chi connectivity index (χ0v) is 12.4. The molecule has 0 aliphatic rings. The highest BCUT2D eigenvalue weighted by Gasteiger charge is 2.21. The molecule has 122 valence electrons. The van der Waals surface area contributed by atoms with Crippen LogP contribution in [0.3, 0.4) is 0 Å². The number of carboxylic acid groups (broad SMARTS) is 1. The number of aromatic carboxylic acids is 1. The molecule has 0 bridgehead atoms. The van der Waals surface area contributed by atoms with Crippen molar-refractivity contribution < 1.29 is 29.2 Å². The predicted octanol–water partition coefficient (Wildman–Crippen LogP) is 2.14. The standard InChI is InChI=1S/C16H16FNO5/c1-9-13(8-23-7-10-2-4-11(17)5-3-10)12(6-19)15(20)14(18-9)16(21)22/h2-5,19-20H,6-8H2,1H3,(H,21,22). The number of rotatable bonds is 6. The largest absolute Gasteiger partial charge is 0.505 e. The molecule has 23 heavy (non-hydrogen) atoms. The second-order valence-corrected chi connectivity index (χ2v) is 4.93. The first-order valence-electron chi connectivity index (χ1n) is 6.81. The number of aliphatic hydroxyl groups is 1. The van der Waals surface area contributed by atoms with Crippen molar-refractivity contribution in [3.63, 3.8) is 0 Å². The molecule has 6 nitrogen and oxygen atoms in total. The fourth-order valence-corrected chi connectivity index (χ4v) is 2.15. The van der Waals surface area contributed by atoms with Crippen LogP contribution in [0, 0.1) is 12.7 Å². The highest BCUT2D eigenvalue weighted by atomic mass is 19.1. The van der Waals surface area contributed by atoms with Crippen LogP contribution in [0.4, 0.5) is 4.39 Å². The van der Waals surface area contributed by atoms with Crippen LogP contribution >= 0.6 is 0 Å². The van der Waals surface area contributed by atoms with E-state index in [1.807, 2.05) is 0 Å². The van der Waals surface area contributed by atoms with Gasteiger partial charge in [-0.05, 0) is 24.6 Å². The lowest BCUT2D eigenvalue weighted by molar-refractivity contribution is 0.0685. The molecule has 0 saturated carbocycles. The number of aliphatic hydroxyl groups excluding tert-OH is 1. The number of nitrogens with zero attached hydrogens (tertiary/aromatic N) is 1. The molecule has 0 atom stereocenters. The molecule has 0 aliphatic heterocycles. The van der Waals surface area contributed by atoms with Gasteiger partial charge in [0.1, 0.15) is 5.82 Å². The van der Waals surface area contributed by atoms with E-state index >= 15 is 0 Å². The average Bonchev–Trinajstić information content (AvgIpc) is 2.52. The first kappa shape index (κ1) is 16.9. The Morgan fingerprint density at radius 1 is 1.22 bits per heavy atom. The predicted molar refractivity (Wildman–Crippen MR) is 78.4 cm³/mol. The number of hydrogen-bond donors (Lipinski definition) is 3. The number of benzene rings is 1. The van der Waals surface area contributed by atoms with Crippen molar-refractivity contribution in [3.8, 4) is 5.75 Å². The molecule has 0 saturated heterocycles. The van der Waals surface area contributed by atoms with Crippen LogP contribution in [0.15, 0.2) is 24.3 Å². The van der Waals surface area contributed by atoms with Crippen molar-refractivity contribution in [1.82, 2.24) is 4.98 Å². The summed E-state index contributed by atoms with van der Waals surface area (Å²) in [6.07, 6.45) is 0. The first-order valence-corrected chi connectivity index (χ1v) is 6.81. The molecule has 0 unspecified atom stereocenters. The molecule has 1 aromatic heterocycles. The number of pyridine rings is 1. The summed E-state index contributed by atoms with van der Waals surface area (Å²) in [7, 11) is 0. The molecule has 0 spiro atoms. The van der Waals surface area contributed by atoms with E-state index < -0.39 is 24.0 Å². The monoisotopic (exact) mass is 321 g/mol. The summed E-state index contributed by atoms with van der Waals surface area (Å²) < 4.78 is 18.3. The summed E-state index contributed by atoms with van der Waals surface area (Å²) in [4.78, 5) is 14.8. The van der Waals surface area contributed by atoms with E-state index in [0.29, 0.717) is 11.3 Å². The maximum Gasteiger partial charge on any atom is 0.358 e. The van der Waals surface area contributed by atoms with Gasteiger partial charge in [-0.2, -0.15) is 0 Å². The van der Waals surface area contributed by atoms with Crippen LogP contribution in [-0.2, 0) is 24.6 Å². The summed E-state index contributed by atoms with van der Waals surface area (Å²) in [6.45, 7) is 1.26. The van der Waals surface area contributed by atoms with Crippen LogP contribution in [0.25, 0.3) is 0 Å². The smallest absolute Gasteiger partial charge is 0.358 e. The van der Waals surface area contributed by atoms with Crippen LogP contribution in [0.1, 0.15) is 32.9 Å². The number of carbonyl (C=O) groups is 1. The van der Waals surface area contributed by atoms with E-state index in [2.05, 4.69) is 4.98 Å². The summed E-state index contributed by atoms with van der Waals surface area (Å²) in [5, 5.41) is 28.3. The molecule has 0 aliphatic carbocycles. The minimum Gasteiger partial charge on any atom is -0.505 e. The van der Waals surface area contributed by atoms with E-state index in [-0.39, 0.29) is 24.6 Å². The number of hydrogen-bond acceptors (Lipinski definition) is 5. The average molecular weight is 321 g/mol. The molecular formula is C16H16FNO5. The van der Waals surface area contributed by atoms with Crippen LogP contribution in [-0.4, -0.2) is 26.3 Å². The Morgan fingerprint density at radius 2 is 1.87 bits per heavy atom. The maximum atomic E-state index is 12.8. The van der Waals surface area contributed by atoms with Gasteiger partial charge in [-0.25, -0.2) is 14.2 Å². The minimum absolute atomic E-state index is 0.0273. The van der Waals surface area contributed by atoms with Crippen molar-refractivity contribution in [2.45, 2.75) is 26.7 Å². The second kappa shape index (κ2) is 7.17. The third-order valence-electron chi connectivity index (χ3n) is 3.38. The summed E-state index contributed by atoms with van der Waals surface area (Å²) in [5.41, 5.74) is 1.11. The van der Waals surface area contributed by atoms with Gasteiger partial charge in [0, 0.05) is 16.8 Å². The van der Waals surface area contributed by atoms with Gasteiger partial charge in [0.05, 0.1) is 19.8 Å². The molecule has 7 heteroatoms. The number of halogens is 1. The number of ether oxygens (including phenoxy) is 1. The van der Waals surface area contributed by atoms with Gasteiger partial charge in [-0.15, -0.1) is 0 Å². The molecule has 2 aromatic rings. The van der Waals surface area contributed by atoms with Crippen LogP contribution < -0.4 is 0 Å². The molecule has 2 rings (SSSR count). The lowest BCUT2D eigenvalue weighted by Crippen LogP contribution is -2.10. The van der Waals surface area contributed by atoms with Crippen LogP contribution in [0.5, 0.6) is 5.75 Å². The SMILES string of the molecule is Cc1nc(C(=O)O)c(O)c(CO)c1COCc1ccc(F)cc1. The Kier molecular flexibility index (Phi) is 5.25. The van der Waals surface area contributed by atoms with Crippen LogP contribution in [0.2, 0.25) is 0 Å². The Labute approximate surface area is 131 Å². The summed E-state index contributed by atoms with van der Waals surface area (Å²) in [5.74, 6) is -2.28. The number of aryl methyl sites for hydroxylation is 1. The van der Waals surface area contributed by atoms with Crippen molar-refractivity contribution in [3.05, 3.63) is 58.2 Å². The van der Waals surface area contributed by atoms with Gasteiger partial charge in [0.25, 0.3) is 0 Å². The Balaban J connectivity index is 2.17. The minimum atomic E-state index is -1.38. The van der Waals surface area contributed by atoms with E-state index in [9.17, 15) is 19.4 Å². The van der Waals surface area contributed by atoms with Gasteiger partial charge < -0.3 is 20.1 Å². The van der Waals surface area contributed by atoms with Gasteiger partial charge >= 0.3 is 5.97 Å². The summed E-state index contributed by atoms with van der Waals surface area (Å²) >= 11 is 0. The van der Waals surface area contributed by atoms with Gasteiger partial charge in [0.2, 0.25) is 0 Å². The van der Waals surface area contributed by atoms with E-state index in [0.717, 1.165) is 5.56 Å². The third kappa shape index (κ3) is 3.82. The molecular weight excluding hydrogens is 305 g/mol. The fourth-order valence-electron chi connectivity index (χ4n) is 2.15. The quantitative estimate of drug-likeness (QED) is 0.754. The second-order valence-electron chi connectivity index (χ2n) is 4.93. The molecule has 1 aromatic carbocycles. The van der Waals surface area contributed by atoms with Crippen molar-refractivity contribution in [2.75, 3.05) is 0 Å². The Hall–Kier alpha value is -2.51. The highest BCUT2D eigenvalue weighted by molar-refractivity contribution is 5.89. The van der Waals surface area contributed by atoms with E-state index in [1.54, 1.807) is 19.1 Å². The number of aromatic nitrogens is 1. The zero-order valence-electron chi connectivity index (χ0n) is 12.4. The number of aromatic hydroxyl groups is 1. The fraction of sp³-hybridized carbons (Fsp3) is 0.250. The lowest BCUT2D eigenvalue weighted by Gasteiger charge is -2.14. The molecule has 0 amide bonds. The third-order valence-corrected chi connectivity index (χ3v) is 3.38. The van der Waals surface area contributed by atoms with Crippen molar-refractivity contribution in [2.24, 2.45) is 0 Å². The molecule has 0 fully saturated rings. The molecule has 1 heterocycles. The topological polar surface area (TPSA) is 99.9 Å². The van der Waals surface area contributed by atoms with E-state index in [4.69, 9.17) is 9.84 Å². The highest BCUT2D eigenvalue weighted by Crippen LogP contribution is 2.27. The first-order chi connectivity index (χ1) is 10.9. The zero-order chi connectivity index (χ0) is 17.0. The van der Waals surface area contributed by atoms with Crippen molar-refractivity contribution in [1.29, 1.82) is 0 Å². The maximum absolute atomic E-state index is 12.8. The van der Waals surface area contributed by atoms with Gasteiger partial charge in [-0.1, -0.05) is 12.1 Å². The van der Waals surface area contributed by atoms with Crippen molar-refractivity contribution >= 4 is 5.97 Å². The Bertz CT molecular complexity index is 715.